The fourth-order valence-corrected chi connectivity index (χ4v) is 3.27. The van der Waals surface area contributed by atoms with Gasteiger partial charge >= 0.3 is 10.1 Å². The molecule has 0 saturated heterocycles. The average Bonchev–Trinajstić information content (AvgIpc) is 2.39. The number of hydrogen-bond donors (Lipinski definition) is 0. The Kier molecular flexibility index (Phi) is 4.08. The number of benzene rings is 2. The van der Waals surface area contributed by atoms with E-state index in [1.807, 2.05) is 0 Å². The second-order valence-electron chi connectivity index (χ2n) is 3.73. The summed E-state index contributed by atoms with van der Waals surface area (Å²) in [6.07, 6.45) is 0. The largest absolute Gasteiger partial charge is 0.493 e. The summed E-state index contributed by atoms with van der Waals surface area (Å²) in [5, 5.41) is 0.553. The molecule has 0 saturated carbocycles. The Bertz CT molecular complexity index is 683. The minimum atomic E-state index is -3.88. The molecule has 6 heteroatoms. The van der Waals surface area contributed by atoms with E-state index < -0.39 is 10.1 Å². The zero-order valence-electron chi connectivity index (χ0n) is 10.2. The zero-order chi connectivity index (χ0) is 13.9. The number of ether oxygens (including phenoxy) is 1. The van der Waals surface area contributed by atoms with E-state index in [1.54, 1.807) is 42.5 Å². The molecule has 0 bridgehead atoms. The number of methoxy groups -OCH3 is 1. The topological polar surface area (TPSA) is 52.6 Å². The van der Waals surface area contributed by atoms with Crippen LogP contribution in [0.25, 0.3) is 0 Å². The Morgan fingerprint density at radius 1 is 0.947 bits per heavy atom. The number of rotatable bonds is 4. The van der Waals surface area contributed by atoms with E-state index in [1.165, 1.54) is 13.2 Å². The summed E-state index contributed by atoms with van der Waals surface area (Å²) in [4.78, 5) is 0.117. The van der Waals surface area contributed by atoms with Crippen molar-refractivity contribution in [3.63, 3.8) is 0 Å². The highest BCUT2D eigenvalue weighted by atomic mass is 32.2. The Balaban J connectivity index is 2.40. The van der Waals surface area contributed by atoms with Gasteiger partial charge in [0.25, 0.3) is 0 Å². The van der Waals surface area contributed by atoms with E-state index in [-0.39, 0.29) is 10.6 Å². The molecule has 0 heterocycles. The first-order valence-electron chi connectivity index (χ1n) is 5.46. The predicted molar refractivity (Wildman–Crippen MR) is 76.6 cm³/mol. The van der Waals surface area contributed by atoms with E-state index in [4.69, 9.17) is 8.92 Å². The van der Waals surface area contributed by atoms with Crippen LogP contribution in [-0.2, 0) is 10.1 Å². The van der Waals surface area contributed by atoms with Crippen LogP contribution in [0.4, 0.5) is 0 Å². The van der Waals surface area contributed by atoms with Crippen molar-refractivity contribution in [2.45, 2.75) is 4.90 Å². The van der Waals surface area contributed by atoms with E-state index in [2.05, 4.69) is 9.24 Å². The molecule has 2 aromatic carbocycles. The maximum Gasteiger partial charge on any atom is 0.339 e. The third kappa shape index (κ3) is 3.06. The lowest BCUT2D eigenvalue weighted by molar-refractivity contribution is 0.390. The Morgan fingerprint density at radius 3 is 2.16 bits per heavy atom. The monoisotopic (exact) mass is 296 g/mol. The first-order chi connectivity index (χ1) is 9.04. The molecule has 19 heavy (non-hydrogen) atoms. The van der Waals surface area contributed by atoms with Crippen LogP contribution >= 0.6 is 9.24 Å². The van der Waals surface area contributed by atoms with Gasteiger partial charge in [0, 0.05) is 0 Å². The van der Waals surface area contributed by atoms with Crippen molar-refractivity contribution >= 4 is 24.7 Å². The van der Waals surface area contributed by atoms with Crippen LogP contribution in [0.2, 0.25) is 0 Å². The van der Waals surface area contributed by atoms with Gasteiger partial charge < -0.3 is 8.92 Å². The van der Waals surface area contributed by atoms with Crippen LogP contribution in [-0.4, -0.2) is 15.5 Å². The lowest BCUT2D eigenvalue weighted by atomic mass is 10.3. The molecule has 0 aliphatic heterocycles. The SMILES string of the molecule is COc1ccccc1OS(=O)(=O)c1ccccc1P. The van der Waals surface area contributed by atoms with Crippen molar-refractivity contribution in [2.24, 2.45) is 0 Å². The molecule has 0 amide bonds. The normalized spacial score (nSPS) is 11.1. The third-order valence-electron chi connectivity index (χ3n) is 2.46. The molecule has 0 fully saturated rings. The van der Waals surface area contributed by atoms with Crippen molar-refractivity contribution in [3.05, 3.63) is 48.5 Å². The van der Waals surface area contributed by atoms with Gasteiger partial charge in [0.2, 0.25) is 0 Å². The van der Waals surface area contributed by atoms with Crippen LogP contribution in [0, 0.1) is 0 Å². The minimum Gasteiger partial charge on any atom is -0.493 e. The van der Waals surface area contributed by atoms with Crippen LogP contribution < -0.4 is 14.2 Å². The second kappa shape index (κ2) is 5.59. The van der Waals surface area contributed by atoms with Gasteiger partial charge in [-0.3, -0.25) is 0 Å². The summed E-state index contributed by atoms with van der Waals surface area (Å²) in [5.41, 5.74) is 0. The fourth-order valence-electron chi connectivity index (χ4n) is 1.56. The maximum absolute atomic E-state index is 12.2. The quantitative estimate of drug-likeness (QED) is 0.639. The molecular weight excluding hydrogens is 283 g/mol. The van der Waals surface area contributed by atoms with Crippen LogP contribution in [0.5, 0.6) is 11.5 Å². The number of para-hydroxylation sites is 2. The molecule has 0 aromatic heterocycles. The molecule has 100 valence electrons. The average molecular weight is 296 g/mol. The van der Waals surface area contributed by atoms with E-state index in [0.29, 0.717) is 11.1 Å². The molecule has 1 unspecified atom stereocenters. The molecule has 0 aliphatic rings. The smallest absolute Gasteiger partial charge is 0.339 e. The highest BCUT2D eigenvalue weighted by Gasteiger charge is 2.20. The summed E-state index contributed by atoms with van der Waals surface area (Å²) >= 11 is 0. The predicted octanol–water partition coefficient (Wildman–Crippen LogP) is 1.96. The van der Waals surface area contributed by atoms with Crippen molar-refractivity contribution in [1.82, 2.24) is 0 Å². The van der Waals surface area contributed by atoms with Crippen molar-refractivity contribution in [3.8, 4) is 11.5 Å². The van der Waals surface area contributed by atoms with Gasteiger partial charge in [0.15, 0.2) is 11.5 Å². The summed E-state index contributed by atoms with van der Waals surface area (Å²) in [6, 6.07) is 13.2. The first-order valence-corrected chi connectivity index (χ1v) is 7.45. The maximum atomic E-state index is 12.2. The second-order valence-corrected chi connectivity index (χ2v) is 5.86. The summed E-state index contributed by atoms with van der Waals surface area (Å²) in [5.74, 6) is 0.533. The van der Waals surface area contributed by atoms with Crippen molar-refractivity contribution in [1.29, 1.82) is 0 Å². The van der Waals surface area contributed by atoms with Gasteiger partial charge in [-0.25, -0.2) is 0 Å². The van der Waals surface area contributed by atoms with E-state index in [9.17, 15) is 8.42 Å². The Hall–Kier alpha value is -1.58. The fraction of sp³-hybridized carbons (Fsp3) is 0.0769. The van der Waals surface area contributed by atoms with Gasteiger partial charge in [-0.05, 0) is 23.5 Å². The summed E-state index contributed by atoms with van der Waals surface area (Å²) in [7, 11) is -0.0467. The summed E-state index contributed by atoms with van der Waals surface area (Å²) in [6.45, 7) is 0. The molecule has 4 nitrogen and oxygen atoms in total. The molecule has 0 radical (unpaired) electrons. The van der Waals surface area contributed by atoms with E-state index >= 15 is 0 Å². The first kappa shape index (κ1) is 13.8. The van der Waals surface area contributed by atoms with Crippen LogP contribution in [0.15, 0.2) is 53.4 Å². The van der Waals surface area contributed by atoms with Crippen LogP contribution in [0.3, 0.4) is 0 Å². The highest BCUT2D eigenvalue weighted by Crippen LogP contribution is 2.28. The molecule has 0 N–H and O–H groups in total. The lowest BCUT2D eigenvalue weighted by Gasteiger charge is -2.11. The van der Waals surface area contributed by atoms with Gasteiger partial charge in [-0.1, -0.05) is 30.3 Å². The minimum absolute atomic E-state index is 0.117. The van der Waals surface area contributed by atoms with Crippen LogP contribution in [0.1, 0.15) is 0 Å². The molecule has 2 aromatic rings. The Labute approximate surface area is 114 Å². The molecule has 0 spiro atoms. The molecular formula is C13H13O4PS. The molecule has 1 atom stereocenters. The third-order valence-corrected chi connectivity index (χ3v) is 4.48. The highest BCUT2D eigenvalue weighted by molar-refractivity contribution is 7.87. The van der Waals surface area contributed by atoms with Crippen molar-refractivity contribution < 1.29 is 17.3 Å². The van der Waals surface area contributed by atoms with E-state index in [0.717, 1.165) is 0 Å². The Morgan fingerprint density at radius 2 is 1.53 bits per heavy atom. The van der Waals surface area contributed by atoms with Gasteiger partial charge in [-0.15, -0.1) is 9.24 Å². The van der Waals surface area contributed by atoms with Gasteiger partial charge in [-0.2, -0.15) is 8.42 Å². The zero-order valence-corrected chi connectivity index (χ0v) is 12.2. The summed E-state index contributed by atoms with van der Waals surface area (Å²) < 4.78 is 34.6. The standard InChI is InChI=1S/C13H13O4PS/c1-16-10-6-2-3-7-11(10)17-19(14,15)13-9-5-4-8-12(13)18/h2-9H,18H2,1H3. The van der Waals surface area contributed by atoms with Gasteiger partial charge in [0.05, 0.1) is 7.11 Å². The van der Waals surface area contributed by atoms with Gasteiger partial charge in [0.1, 0.15) is 4.90 Å². The number of hydrogen-bond acceptors (Lipinski definition) is 4. The molecule has 0 aliphatic carbocycles. The van der Waals surface area contributed by atoms with Crippen molar-refractivity contribution in [2.75, 3.05) is 7.11 Å². The molecule has 2 rings (SSSR count). The lowest BCUT2D eigenvalue weighted by Crippen LogP contribution is -2.16.